The molecule has 0 aliphatic heterocycles. The van der Waals surface area contributed by atoms with Crippen molar-refractivity contribution < 1.29 is 4.79 Å². The molecular formula is C32H25N3OS. The van der Waals surface area contributed by atoms with Gasteiger partial charge in [0.15, 0.2) is 5.13 Å². The molecule has 0 atom stereocenters. The molecule has 0 unspecified atom stereocenters. The Balaban J connectivity index is 1.52. The molecule has 6 aromatic rings. The number of hydrogen-bond donors (Lipinski definition) is 0. The van der Waals surface area contributed by atoms with Gasteiger partial charge < -0.3 is 0 Å². The largest absolute Gasteiger partial charge is 0.279 e. The van der Waals surface area contributed by atoms with Gasteiger partial charge >= 0.3 is 0 Å². The number of benzene rings is 4. The minimum Gasteiger partial charge on any atom is -0.279 e. The maximum atomic E-state index is 14.4. The second-order valence-corrected chi connectivity index (χ2v) is 10.2. The van der Waals surface area contributed by atoms with E-state index in [0.717, 1.165) is 37.9 Å². The van der Waals surface area contributed by atoms with Gasteiger partial charge in [0, 0.05) is 10.9 Å². The monoisotopic (exact) mass is 499 g/mol. The van der Waals surface area contributed by atoms with Crippen molar-refractivity contribution >= 4 is 43.5 Å². The number of carbonyl (C=O) groups is 1. The summed E-state index contributed by atoms with van der Waals surface area (Å²) in [5.41, 5.74) is 7.53. The molecule has 0 N–H and O–H groups in total. The first-order valence-corrected chi connectivity index (χ1v) is 13.1. The first kappa shape index (κ1) is 23.1. The number of para-hydroxylation sites is 1. The topological polar surface area (TPSA) is 46.1 Å². The maximum Gasteiger partial charge on any atom is 0.261 e. The molecule has 5 heteroatoms. The third-order valence-corrected chi connectivity index (χ3v) is 7.71. The Morgan fingerprint density at radius 1 is 0.757 bits per heavy atom. The highest BCUT2D eigenvalue weighted by molar-refractivity contribution is 7.22. The molecule has 37 heavy (non-hydrogen) atoms. The smallest absolute Gasteiger partial charge is 0.261 e. The normalized spacial score (nSPS) is 11.2. The summed E-state index contributed by atoms with van der Waals surface area (Å²) in [5.74, 6) is -0.0906. The zero-order chi connectivity index (χ0) is 25.4. The molecule has 0 aliphatic carbocycles. The van der Waals surface area contributed by atoms with Crippen LogP contribution in [-0.4, -0.2) is 15.9 Å². The van der Waals surface area contributed by atoms with Crippen LogP contribution in [0.1, 0.15) is 27.0 Å². The average Bonchev–Trinajstić information content (AvgIpc) is 3.34. The second kappa shape index (κ2) is 9.60. The number of anilines is 1. The van der Waals surface area contributed by atoms with Gasteiger partial charge in [-0.3, -0.25) is 9.69 Å². The van der Waals surface area contributed by atoms with Gasteiger partial charge in [0.2, 0.25) is 0 Å². The molecule has 2 aromatic heterocycles. The quantitative estimate of drug-likeness (QED) is 0.242. The predicted octanol–water partition coefficient (Wildman–Crippen LogP) is 7.98. The van der Waals surface area contributed by atoms with Gasteiger partial charge in [0.25, 0.3) is 5.91 Å². The fourth-order valence-corrected chi connectivity index (χ4v) is 5.57. The van der Waals surface area contributed by atoms with E-state index in [-0.39, 0.29) is 5.91 Å². The molecular weight excluding hydrogens is 474 g/mol. The Hall–Kier alpha value is -4.35. The van der Waals surface area contributed by atoms with Crippen LogP contribution in [0.25, 0.3) is 32.4 Å². The zero-order valence-corrected chi connectivity index (χ0v) is 21.5. The Morgan fingerprint density at radius 2 is 1.43 bits per heavy atom. The first-order chi connectivity index (χ1) is 18.1. The van der Waals surface area contributed by atoms with Gasteiger partial charge in [-0.15, -0.1) is 0 Å². The average molecular weight is 500 g/mol. The molecule has 1 amide bonds. The molecule has 0 spiro atoms. The van der Waals surface area contributed by atoms with Crippen LogP contribution in [0, 0.1) is 13.8 Å². The van der Waals surface area contributed by atoms with E-state index >= 15 is 0 Å². The van der Waals surface area contributed by atoms with Crippen LogP contribution in [-0.2, 0) is 6.54 Å². The highest BCUT2D eigenvalue weighted by Crippen LogP contribution is 2.34. The number of carbonyl (C=O) groups excluding carboxylic acids is 1. The lowest BCUT2D eigenvalue weighted by atomic mass is 10.0. The summed E-state index contributed by atoms with van der Waals surface area (Å²) in [6.07, 6.45) is 0. The number of hydrogen-bond acceptors (Lipinski definition) is 4. The van der Waals surface area contributed by atoms with Crippen LogP contribution in [0.5, 0.6) is 0 Å². The van der Waals surface area contributed by atoms with E-state index in [4.69, 9.17) is 9.97 Å². The van der Waals surface area contributed by atoms with Crippen LogP contribution in [0.2, 0.25) is 0 Å². The molecule has 0 aliphatic rings. The number of fused-ring (bicyclic) bond motifs is 2. The van der Waals surface area contributed by atoms with E-state index in [1.165, 1.54) is 11.1 Å². The van der Waals surface area contributed by atoms with Crippen molar-refractivity contribution in [1.82, 2.24) is 9.97 Å². The fraction of sp³-hybridized carbons (Fsp3) is 0.0938. The highest BCUT2D eigenvalue weighted by Gasteiger charge is 2.25. The van der Waals surface area contributed by atoms with Gasteiger partial charge in [0.05, 0.1) is 33.5 Å². The van der Waals surface area contributed by atoms with E-state index in [9.17, 15) is 4.79 Å². The molecule has 4 nitrogen and oxygen atoms in total. The number of thiazole rings is 1. The van der Waals surface area contributed by atoms with E-state index in [1.54, 1.807) is 16.2 Å². The molecule has 180 valence electrons. The third-order valence-electron chi connectivity index (χ3n) is 6.67. The van der Waals surface area contributed by atoms with Crippen molar-refractivity contribution in [2.75, 3.05) is 4.90 Å². The van der Waals surface area contributed by atoms with Gasteiger partial charge in [-0.05, 0) is 54.8 Å². The Bertz CT molecular complexity index is 1700. The Labute approximate surface area is 219 Å². The van der Waals surface area contributed by atoms with Crippen LogP contribution >= 0.6 is 11.3 Å². The molecule has 0 fully saturated rings. The van der Waals surface area contributed by atoms with E-state index < -0.39 is 0 Å². The molecule has 2 heterocycles. The third kappa shape index (κ3) is 4.50. The molecule has 4 aromatic carbocycles. The number of aromatic nitrogens is 2. The first-order valence-electron chi connectivity index (χ1n) is 12.3. The van der Waals surface area contributed by atoms with Crippen molar-refractivity contribution in [3.05, 3.63) is 125 Å². The lowest BCUT2D eigenvalue weighted by Gasteiger charge is -2.21. The summed E-state index contributed by atoms with van der Waals surface area (Å²) >= 11 is 1.55. The van der Waals surface area contributed by atoms with Crippen LogP contribution in [0.4, 0.5) is 5.13 Å². The molecule has 0 saturated heterocycles. The lowest BCUT2D eigenvalue weighted by Crippen LogP contribution is -2.30. The summed E-state index contributed by atoms with van der Waals surface area (Å²) in [6.45, 7) is 4.62. The highest BCUT2D eigenvalue weighted by atomic mass is 32.1. The van der Waals surface area contributed by atoms with Crippen molar-refractivity contribution in [1.29, 1.82) is 0 Å². The minimum atomic E-state index is -0.0906. The van der Waals surface area contributed by atoms with Crippen LogP contribution in [0.15, 0.2) is 103 Å². The summed E-state index contributed by atoms with van der Waals surface area (Å²) in [5, 5.41) is 1.52. The van der Waals surface area contributed by atoms with Gasteiger partial charge in [-0.1, -0.05) is 90.2 Å². The van der Waals surface area contributed by atoms with Crippen molar-refractivity contribution in [3.8, 4) is 11.3 Å². The van der Waals surface area contributed by atoms with E-state index in [2.05, 4.69) is 26.0 Å². The number of aryl methyl sites for hydroxylation is 2. The van der Waals surface area contributed by atoms with Gasteiger partial charge in [-0.2, -0.15) is 0 Å². The molecule has 0 saturated carbocycles. The number of pyridine rings is 1. The van der Waals surface area contributed by atoms with Crippen molar-refractivity contribution in [3.63, 3.8) is 0 Å². The lowest BCUT2D eigenvalue weighted by molar-refractivity contribution is 0.0986. The summed E-state index contributed by atoms with van der Waals surface area (Å²) in [6, 6.07) is 34.1. The summed E-state index contributed by atoms with van der Waals surface area (Å²) in [7, 11) is 0. The predicted molar refractivity (Wildman–Crippen MR) is 153 cm³/mol. The standard InChI is InChI=1S/C32H25N3OS/c1-21-17-29-30(18-22(21)2)37-32(34-29)35(20-23-11-5-3-6-12-23)31(36)26-19-28(24-13-7-4-8-14-24)33-27-16-10-9-15-25(26)27/h3-19H,20H2,1-2H3. The van der Waals surface area contributed by atoms with Crippen molar-refractivity contribution in [2.24, 2.45) is 0 Å². The van der Waals surface area contributed by atoms with Crippen LogP contribution < -0.4 is 4.90 Å². The minimum absolute atomic E-state index is 0.0906. The summed E-state index contributed by atoms with van der Waals surface area (Å²) < 4.78 is 1.08. The van der Waals surface area contributed by atoms with E-state index in [1.807, 2.05) is 91.0 Å². The number of nitrogens with zero attached hydrogens (tertiary/aromatic N) is 3. The zero-order valence-electron chi connectivity index (χ0n) is 20.7. The van der Waals surface area contributed by atoms with Crippen LogP contribution in [0.3, 0.4) is 0 Å². The van der Waals surface area contributed by atoms with Crippen molar-refractivity contribution in [2.45, 2.75) is 20.4 Å². The maximum absolute atomic E-state index is 14.4. The molecule has 0 bridgehead atoms. The molecule has 0 radical (unpaired) electrons. The molecule has 6 rings (SSSR count). The number of amides is 1. The second-order valence-electron chi connectivity index (χ2n) is 9.22. The Kier molecular flexibility index (Phi) is 5.99. The Morgan fingerprint density at radius 3 is 2.22 bits per heavy atom. The van der Waals surface area contributed by atoms with Gasteiger partial charge in [-0.25, -0.2) is 9.97 Å². The fourth-order valence-electron chi connectivity index (χ4n) is 4.53. The van der Waals surface area contributed by atoms with Gasteiger partial charge in [0.1, 0.15) is 0 Å². The SMILES string of the molecule is Cc1cc2nc(N(Cc3ccccc3)C(=O)c3cc(-c4ccccc4)nc4ccccc34)sc2cc1C. The van der Waals surface area contributed by atoms with E-state index in [0.29, 0.717) is 17.2 Å². The number of rotatable bonds is 5. The summed E-state index contributed by atoms with van der Waals surface area (Å²) in [4.78, 5) is 26.0.